The van der Waals surface area contributed by atoms with Gasteiger partial charge in [0.25, 0.3) is 0 Å². The summed E-state index contributed by atoms with van der Waals surface area (Å²) in [6.07, 6.45) is 4.42. The van der Waals surface area contributed by atoms with Gasteiger partial charge in [-0.25, -0.2) is 19.9 Å². The first kappa shape index (κ1) is 30.4. The fraction of sp³-hybridized carbons (Fsp3) is 0.0204. The lowest BCUT2D eigenvalue weighted by Gasteiger charge is -2.24. The molecule has 1 unspecified atom stereocenters. The van der Waals surface area contributed by atoms with Gasteiger partial charge in [-0.3, -0.25) is 0 Å². The van der Waals surface area contributed by atoms with Crippen LogP contribution in [0.25, 0.3) is 94.4 Å². The molecule has 1 N–H and O–H groups in total. The molecule has 0 fully saturated rings. The Labute approximate surface area is 311 Å². The molecule has 0 spiro atoms. The van der Waals surface area contributed by atoms with E-state index < -0.39 is 0 Å². The number of aromatic nitrogens is 4. The lowest BCUT2D eigenvalue weighted by Crippen LogP contribution is -2.12. The molecule has 54 heavy (non-hydrogen) atoms. The van der Waals surface area contributed by atoms with Crippen LogP contribution in [0.4, 0.5) is 5.69 Å². The largest absolute Gasteiger partial charge is 0.372 e. The van der Waals surface area contributed by atoms with Crippen molar-refractivity contribution in [3.63, 3.8) is 0 Å². The van der Waals surface area contributed by atoms with E-state index in [-0.39, 0.29) is 6.04 Å². The van der Waals surface area contributed by atoms with Gasteiger partial charge in [0.2, 0.25) is 0 Å². The average Bonchev–Trinajstić information content (AvgIpc) is 3.25. The SMILES string of the molecule is C1=CC(c2ccccc2)Nc2c1ccc1cc3nc(-c4ccc(-c5ccc6ccc7ccc(-c8ccccc8)nc7c6n5)cc4)c4ccccc4c3nc21. The Balaban J connectivity index is 0.991. The lowest BCUT2D eigenvalue weighted by molar-refractivity contribution is 0.981. The van der Waals surface area contributed by atoms with Crippen molar-refractivity contribution in [1.29, 1.82) is 0 Å². The Morgan fingerprint density at radius 2 is 1.02 bits per heavy atom. The van der Waals surface area contributed by atoms with E-state index in [9.17, 15) is 0 Å². The van der Waals surface area contributed by atoms with Gasteiger partial charge in [0, 0.05) is 43.6 Å². The quantitative estimate of drug-likeness (QED) is 0.147. The first-order valence-electron chi connectivity index (χ1n) is 18.3. The molecule has 0 saturated heterocycles. The maximum atomic E-state index is 5.33. The Bertz CT molecular complexity index is 3120. The highest BCUT2D eigenvalue weighted by Gasteiger charge is 2.20. The molecule has 10 aromatic rings. The van der Waals surface area contributed by atoms with Crippen LogP contribution < -0.4 is 5.32 Å². The Morgan fingerprint density at radius 1 is 0.426 bits per heavy atom. The standard InChI is InChI=1S/C49H31N5/c1-3-9-30(10-4-1)40-26-23-34-19-20-35-25-28-42(52-46(35)45(34)50-40)32-15-17-33(18-16-32)44-38-13-7-8-14-39(38)49-43(53-44)29-37-22-21-36-24-27-41(31-11-5-2-6-12-31)51-47(36)48(37)54-49/h1-29,41,51H. The predicted molar refractivity (Wildman–Crippen MR) is 223 cm³/mol. The summed E-state index contributed by atoms with van der Waals surface area (Å²) >= 11 is 0. The van der Waals surface area contributed by atoms with Crippen molar-refractivity contribution in [3.8, 4) is 33.8 Å². The van der Waals surface area contributed by atoms with Gasteiger partial charge in [0.1, 0.15) is 0 Å². The van der Waals surface area contributed by atoms with Crippen LogP contribution in [-0.4, -0.2) is 19.9 Å². The summed E-state index contributed by atoms with van der Waals surface area (Å²) in [7, 11) is 0. The molecular weight excluding hydrogens is 659 g/mol. The molecule has 4 aromatic heterocycles. The van der Waals surface area contributed by atoms with Crippen LogP contribution in [0.15, 0.2) is 170 Å². The molecule has 0 aliphatic carbocycles. The number of benzene rings is 6. The summed E-state index contributed by atoms with van der Waals surface area (Å²) in [5.74, 6) is 0. The van der Waals surface area contributed by atoms with Crippen LogP contribution >= 0.6 is 0 Å². The van der Waals surface area contributed by atoms with Crippen LogP contribution in [0.1, 0.15) is 17.2 Å². The molecule has 5 heterocycles. The van der Waals surface area contributed by atoms with Gasteiger partial charge in [0.05, 0.1) is 56.4 Å². The average molecular weight is 690 g/mol. The van der Waals surface area contributed by atoms with Gasteiger partial charge in [-0.05, 0) is 29.3 Å². The van der Waals surface area contributed by atoms with Gasteiger partial charge < -0.3 is 5.32 Å². The summed E-state index contributed by atoms with van der Waals surface area (Å²) in [5.41, 5.74) is 13.9. The topological polar surface area (TPSA) is 63.6 Å². The highest BCUT2D eigenvalue weighted by atomic mass is 14.9. The van der Waals surface area contributed by atoms with E-state index in [1.54, 1.807) is 0 Å². The monoisotopic (exact) mass is 689 g/mol. The highest BCUT2D eigenvalue weighted by Crippen LogP contribution is 2.39. The molecule has 0 amide bonds. The molecule has 0 saturated carbocycles. The number of hydrogen-bond donors (Lipinski definition) is 1. The van der Waals surface area contributed by atoms with Crippen molar-refractivity contribution < 1.29 is 0 Å². The van der Waals surface area contributed by atoms with Gasteiger partial charge in [0.15, 0.2) is 0 Å². The van der Waals surface area contributed by atoms with E-state index in [4.69, 9.17) is 19.9 Å². The third-order valence-electron chi connectivity index (χ3n) is 10.6. The maximum Gasteiger partial charge on any atom is 0.0974 e. The number of hydrogen-bond acceptors (Lipinski definition) is 5. The van der Waals surface area contributed by atoms with Crippen LogP contribution in [0.3, 0.4) is 0 Å². The van der Waals surface area contributed by atoms with Gasteiger partial charge in [-0.1, -0.05) is 158 Å². The maximum absolute atomic E-state index is 5.33. The minimum Gasteiger partial charge on any atom is -0.372 e. The van der Waals surface area contributed by atoms with Gasteiger partial charge in [-0.15, -0.1) is 0 Å². The Kier molecular flexibility index (Phi) is 6.85. The van der Waals surface area contributed by atoms with Crippen molar-refractivity contribution in [2.75, 3.05) is 5.32 Å². The van der Waals surface area contributed by atoms with Gasteiger partial charge >= 0.3 is 0 Å². The van der Waals surface area contributed by atoms with E-state index in [0.717, 1.165) is 99.5 Å². The highest BCUT2D eigenvalue weighted by molar-refractivity contribution is 6.13. The molecule has 252 valence electrons. The number of rotatable bonds is 4. The summed E-state index contributed by atoms with van der Waals surface area (Å²) in [6, 6.07) is 57.2. The first-order valence-corrected chi connectivity index (χ1v) is 18.3. The smallest absolute Gasteiger partial charge is 0.0974 e. The fourth-order valence-electron chi connectivity index (χ4n) is 7.87. The normalized spacial score (nSPS) is 13.8. The Morgan fingerprint density at radius 3 is 1.74 bits per heavy atom. The zero-order valence-electron chi connectivity index (χ0n) is 29.1. The summed E-state index contributed by atoms with van der Waals surface area (Å²) in [5, 5.41) is 9.12. The molecule has 1 atom stereocenters. The second kappa shape index (κ2) is 12.2. The van der Waals surface area contributed by atoms with Crippen LogP contribution in [0.2, 0.25) is 0 Å². The predicted octanol–water partition coefficient (Wildman–Crippen LogP) is 12.2. The molecule has 0 bridgehead atoms. The minimum atomic E-state index is 0.0790. The van der Waals surface area contributed by atoms with E-state index in [1.807, 2.05) is 18.2 Å². The zero-order chi connectivity index (χ0) is 35.6. The molecule has 6 aromatic carbocycles. The minimum absolute atomic E-state index is 0.0790. The molecule has 11 rings (SSSR count). The van der Waals surface area contributed by atoms with Crippen molar-refractivity contribution in [2.45, 2.75) is 6.04 Å². The van der Waals surface area contributed by atoms with E-state index in [2.05, 4.69) is 163 Å². The number of nitrogens with one attached hydrogen (secondary N) is 1. The summed E-state index contributed by atoms with van der Waals surface area (Å²) in [4.78, 5) is 20.9. The Hall–Kier alpha value is -7.24. The third kappa shape index (κ3) is 5.01. The van der Waals surface area contributed by atoms with E-state index >= 15 is 0 Å². The second-order valence-corrected chi connectivity index (χ2v) is 13.9. The van der Waals surface area contributed by atoms with Gasteiger partial charge in [-0.2, -0.15) is 0 Å². The number of nitrogens with zero attached hydrogens (tertiary/aromatic N) is 4. The lowest BCUT2D eigenvalue weighted by atomic mass is 9.97. The summed E-state index contributed by atoms with van der Waals surface area (Å²) < 4.78 is 0. The van der Waals surface area contributed by atoms with Crippen LogP contribution in [0, 0.1) is 0 Å². The number of pyridine rings is 4. The van der Waals surface area contributed by atoms with Crippen LogP contribution in [0.5, 0.6) is 0 Å². The van der Waals surface area contributed by atoms with E-state index in [0.29, 0.717) is 0 Å². The molecule has 1 aliphatic heterocycles. The van der Waals surface area contributed by atoms with Crippen molar-refractivity contribution >= 4 is 66.3 Å². The second-order valence-electron chi connectivity index (χ2n) is 13.9. The molecule has 5 heteroatoms. The van der Waals surface area contributed by atoms with Crippen LogP contribution in [-0.2, 0) is 0 Å². The van der Waals surface area contributed by atoms with Crippen molar-refractivity contribution in [2.24, 2.45) is 0 Å². The third-order valence-corrected chi connectivity index (χ3v) is 10.6. The zero-order valence-corrected chi connectivity index (χ0v) is 29.1. The fourth-order valence-corrected chi connectivity index (χ4v) is 7.87. The first-order chi connectivity index (χ1) is 26.7. The molecule has 5 nitrogen and oxygen atoms in total. The van der Waals surface area contributed by atoms with Crippen molar-refractivity contribution in [1.82, 2.24) is 19.9 Å². The molecule has 0 radical (unpaired) electrons. The molecular formula is C49H31N5. The van der Waals surface area contributed by atoms with E-state index in [1.165, 1.54) is 5.56 Å². The number of anilines is 1. The number of fused-ring (bicyclic) bond motifs is 9. The van der Waals surface area contributed by atoms with Crippen molar-refractivity contribution in [3.05, 3.63) is 181 Å². The molecule has 1 aliphatic rings. The summed E-state index contributed by atoms with van der Waals surface area (Å²) in [6.45, 7) is 0.